The van der Waals surface area contributed by atoms with E-state index in [1.54, 1.807) is 0 Å². The van der Waals surface area contributed by atoms with Crippen molar-refractivity contribution in [3.05, 3.63) is 40.5 Å². The molecule has 1 aromatic heterocycles. The third kappa shape index (κ3) is 2.73. The third-order valence-corrected chi connectivity index (χ3v) is 3.03. The van der Waals surface area contributed by atoms with E-state index in [1.807, 2.05) is 19.2 Å². The maximum atomic E-state index is 5.81. The van der Waals surface area contributed by atoms with Gasteiger partial charge in [-0.15, -0.1) is 12.4 Å². The minimum absolute atomic E-state index is 0. The molecule has 1 aromatic carbocycles. The summed E-state index contributed by atoms with van der Waals surface area (Å²) in [4.78, 5) is 4.41. The normalized spacial score (nSPS) is 12.2. The van der Waals surface area contributed by atoms with E-state index in [0.717, 1.165) is 21.8 Å². The molecule has 0 fully saturated rings. The van der Waals surface area contributed by atoms with Crippen molar-refractivity contribution >= 4 is 39.2 Å². The van der Waals surface area contributed by atoms with Gasteiger partial charge in [0.05, 0.1) is 5.52 Å². The molecule has 0 saturated heterocycles. The molecule has 1 unspecified atom stereocenters. The number of nitrogens with zero attached hydrogens (tertiary/aromatic N) is 1. The monoisotopic (exact) mass is 300 g/mol. The maximum absolute atomic E-state index is 5.81. The van der Waals surface area contributed by atoms with Crippen molar-refractivity contribution in [1.82, 2.24) is 4.98 Å². The van der Waals surface area contributed by atoms with Crippen LogP contribution >= 0.6 is 28.3 Å². The first-order valence-electron chi connectivity index (χ1n) is 4.96. The van der Waals surface area contributed by atoms with Crippen molar-refractivity contribution in [2.24, 2.45) is 5.73 Å². The quantitative estimate of drug-likeness (QED) is 0.924. The lowest BCUT2D eigenvalue weighted by Gasteiger charge is -2.09. The highest BCUT2D eigenvalue weighted by Gasteiger charge is 2.06. The number of hydrogen-bond acceptors (Lipinski definition) is 2. The molecule has 0 aliphatic rings. The second-order valence-electron chi connectivity index (χ2n) is 3.79. The first-order chi connectivity index (χ1) is 7.18. The summed E-state index contributed by atoms with van der Waals surface area (Å²) in [5.41, 5.74) is 8.07. The predicted octanol–water partition coefficient (Wildman–Crippen LogP) is 3.31. The Hall–Kier alpha value is -0.640. The molecule has 2 rings (SSSR count). The fourth-order valence-corrected chi connectivity index (χ4v) is 2.16. The summed E-state index contributed by atoms with van der Waals surface area (Å²) in [6.45, 7) is 2.01. The summed E-state index contributed by atoms with van der Waals surface area (Å²) in [6, 6.07) is 8.32. The summed E-state index contributed by atoms with van der Waals surface area (Å²) >= 11 is 3.53. The molecule has 0 aliphatic heterocycles. The standard InChI is InChI=1S/C12H13BrN2.ClH/c1-8(14)7-9-4-5-11(13)10-3-2-6-15-12(9)10;/h2-6,8H,7,14H2,1H3;1H. The van der Waals surface area contributed by atoms with Gasteiger partial charge in [0.15, 0.2) is 0 Å². The molecule has 2 N–H and O–H groups in total. The van der Waals surface area contributed by atoms with E-state index in [4.69, 9.17) is 5.73 Å². The molecule has 1 heterocycles. The van der Waals surface area contributed by atoms with Gasteiger partial charge in [-0.3, -0.25) is 4.98 Å². The molecule has 2 aromatic rings. The Morgan fingerprint density at radius 3 is 2.81 bits per heavy atom. The highest BCUT2D eigenvalue weighted by Crippen LogP contribution is 2.25. The largest absolute Gasteiger partial charge is 0.328 e. The molecule has 4 heteroatoms. The molecule has 86 valence electrons. The maximum Gasteiger partial charge on any atom is 0.0745 e. The zero-order valence-electron chi connectivity index (χ0n) is 8.98. The Balaban J connectivity index is 0.00000128. The highest BCUT2D eigenvalue weighted by atomic mass is 79.9. The van der Waals surface area contributed by atoms with Gasteiger partial charge in [0.2, 0.25) is 0 Å². The third-order valence-electron chi connectivity index (χ3n) is 2.34. The number of rotatable bonds is 2. The number of nitrogens with two attached hydrogens (primary N) is 1. The van der Waals surface area contributed by atoms with Gasteiger partial charge in [-0.05, 0) is 31.0 Å². The van der Waals surface area contributed by atoms with Crippen molar-refractivity contribution in [1.29, 1.82) is 0 Å². The number of halogens is 2. The van der Waals surface area contributed by atoms with Crippen LogP contribution in [0.1, 0.15) is 12.5 Å². The summed E-state index contributed by atoms with van der Waals surface area (Å²) < 4.78 is 1.08. The molecule has 0 amide bonds. The summed E-state index contributed by atoms with van der Waals surface area (Å²) in [5, 5.41) is 1.15. The first-order valence-corrected chi connectivity index (χ1v) is 5.75. The van der Waals surface area contributed by atoms with Crippen LogP contribution in [0.25, 0.3) is 10.9 Å². The van der Waals surface area contributed by atoms with Gasteiger partial charge < -0.3 is 5.73 Å². The number of aromatic nitrogens is 1. The predicted molar refractivity (Wildman–Crippen MR) is 74.0 cm³/mol. The van der Waals surface area contributed by atoms with Crippen LogP contribution in [0.2, 0.25) is 0 Å². The van der Waals surface area contributed by atoms with E-state index in [9.17, 15) is 0 Å². The van der Waals surface area contributed by atoms with E-state index < -0.39 is 0 Å². The van der Waals surface area contributed by atoms with Crippen LogP contribution < -0.4 is 5.73 Å². The second kappa shape index (κ2) is 5.62. The molecule has 16 heavy (non-hydrogen) atoms. The molecule has 0 aliphatic carbocycles. The molecule has 0 bridgehead atoms. The van der Waals surface area contributed by atoms with Crippen LogP contribution in [0.5, 0.6) is 0 Å². The Bertz CT molecular complexity index is 485. The van der Waals surface area contributed by atoms with E-state index >= 15 is 0 Å². The van der Waals surface area contributed by atoms with Crippen molar-refractivity contribution in [3.8, 4) is 0 Å². The van der Waals surface area contributed by atoms with Crippen molar-refractivity contribution in [3.63, 3.8) is 0 Å². The van der Waals surface area contributed by atoms with Crippen LogP contribution in [-0.2, 0) is 6.42 Å². The average molecular weight is 302 g/mol. The second-order valence-corrected chi connectivity index (χ2v) is 4.64. The molecular formula is C12H14BrClN2. The smallest absolute Gasteiger partial charge is 0.0745 e. The van der Waals surface area contributed by atoms with Crippen molar-refractivity contribution < 1.29 is 0 Å². The zero-order chi connectivity index (χ0) is 10.8. The van der Waals surface area contributed by atoms with Gasteiger partial charge in [-0.1, -0.05) is 28.1 Å². The molecule has 1 atom stereocenters. The van der Waals surface area contributed by atoms with E-state index in [2.05, 4.69) is 39.1 Å². The Labute approximate surface area is 110 Å². The minimum Gasteiger partial charge on any atom is -0.328 e. The highest BCUT2D eigenvalue weighted by molar-refractivity contribution is 9.10. The van der Waals surface area contributed by atoms with Crippen LogP contribution in [-0.4, -0.2) is 11.0 Å². The number of hydrogen-bond donors (Lipinski definition) is 1. The molecule has 0 radical (unpaired) electrons. The van der Waals surface area contributed by atoms with Crippen LogP contribution in [0, 0.1) is 0 Å². The Morgan fingerprint density at radius 1 is 1.38 bits per heavy atom. The number of fused-ring (bicyclic) bond motifs is 1. The van der Waals surface area contributed by atoms with Crippen LogP contribution in [0.3, 0.4) is 0 Å². The molecule has 0 saturated carbocycles. The SMILES string of the molecule is CC(N)Cc1ccc(Br)c2cccnc12.Cl. The van der Waals surface area contributed by atoms with Gasteiger partial charge >= 0.3 is 0 Å². The lowest BCUT2D eigenvalue weighted by Crippen LogP contribution is -2.18. The minimum atomic E-state index is 0. The number of pyridine rings is 1. The molecular weight excluding hydrogens is 288 g/mol. The van der Waals surface area contributed by atoms with Gasteiger partial charge in [-0.25, -0.2) is 0 Å². The van der Waals surface area contributed by atoms with E-state index in [-0.39, 0.29) is 18.4 Å². The molecule has 2 nitrogen and oxygen atoms in total. The van der Waals surface area contributed by atoms with Gasteiger partial charge in [0.25, 0.3) is 0 Å². The molecule has 0 spiro atoms. The van der Waals surface area contributed by atoms with Crippen molar-refractivity contribution in [2.75, 3.05) is 0 Å². The van der Waals surface area contributed by atoms with Crippen LogP contribution in [0.15, 0.2) is 34.9 Å². The summed E-state index contributed by atoms with van der Waals surface area (Å²) in [5.74, 6) is 0. The number of benzene rings is 1. The Kier molecular flexibility index (Phi) is 4.71. The lowest BCUT2D eigenvalue weighted by molar-refractivity contribution is 0.740. The first kappa shape index (κ1) is 13.4. The fraction of sp³-hybridized carbons (Fsp3) is 0.250. The van der Waals surface area contributed by atoms with Crippen molar-refractivity contribution in [2.45, 2.75) is 19.4 Å². The summed E-state index contributed by atoms with van der Waals surface area (Å²) in [6.07, 6.45) is 2.68. The summed E-state index contributed by atoms with van der Waals surface area (Å²) in [7, 11) is 0. The van der Waals surface area contributed by atoms with E-state index in [0.29, 0.717) is 0 Å². The van der Waals surface area contributed by atoms with Gasteiger partial charge in [0.1, 0.15) is 0 Å². The fourth-order valence-electron chi connectivity index (χ4n) is 1.71. The lowest BCUT2D eigenvalue weighted by atomic mass is 10.0. The average Bonchev–Trinajstić information content (AvgIpc) is 2.22. The Morgan fingerprint density at radius 2 is 2.12 bits per heavy atom. The van der Waals surface area contributed by atoms with Crippen LogP contribution in [0.4, 0.5) is 0 Å². The van der Waals surface area contributed by atoms with Gasteiger partial charge in [0, 0.05) is 22.1 Å². The van der Waals surface area contributed by atoms with Gasteiger partial charge in [-0.2, -0.15) is 0 Å². The zero-order valence-corrected chi connectivity index (χ0v) is 11.4. The topological polar surface area (TPSA) is 38.9 Å². The van der Waals surface area contributed by atoms with E-state index in [1.165, 1.54) is 5.56 Å².